The lowest BCUT2D eigenvalue weighted by Crippen LogP contribution is -2.30. The van der Waals surface area contributed by atoms with Crippen LogP contribution in [0, 0.1) is 0 Å². The lowest BCUT2D eigenvalue weighted by atomic mass is 10.2. The number of H-pyrrole nitrogens is 1. The highest BCUT2D eigenvalue weighted by molar-refractivity contribution is 8.00. The second-order valence-corrected chi connectivity index (χ2v) is 6.02. The molecule has 6 nitrogen and oxygen atoms in total. The molecule has 2 aromatic rings. The van der Waals surface area contributed by atoms with Crippen molar-refractivity contribution in [2.75, 3.05) is 0 Å². The third-order valence-corrected chi connectivity index (χ3v) is 3.66. The van der Waals surface area contributed by atoms with E-state index in [1.165, 1.54) is 11.8 Å². The Morgan fingerprint density at radius 1 is 1.50 bits per heavy atom. The van der Waals surface area contributed by atoms with E-state index in [9.17, 15) is 4.79 Å². The zero-order valence-electron chi connectivity index (χ0n) is 11.7. The Hall–Kier alpha value is -1.76. The van der Waals surface area contributed by atoms with Gasteiger partial charge in [-0.1, -0.05) is 25.6 Å². The van der Waals surface area contributed by atoms with Gasteiger partial charge >= 0.3 is 0 Å². The van der Waals surface area contributed by atoms with Crippen LogP contribution in [0.2, 0.25) is 0 Å². The van der Waals surface area contributed by atoms with Crippen molar-refractivity contribution < 1.29 is 9.21 Å². The highest BCUT2D eigenvalue weighted by Gasteiger charge is 2.17. The molecule has 0 spiro atoms. The highest BCUT2D eigenvalue weighted by Crippen LogP contribution is 2.21. The molecular weight excluding hydrogens is 276 g/mol. The minimum Gasteiger partial charge on any atom is -0.467 e. The molecule has 0 bridgehead atoms. The Kier molecular flexibility index (Phi) is 4.84. The van der Waals surface area contributed by atoms with Crippen LogP contribution in [0.25, 0.3) is 0 Å². The van der Waals surface area contributed by atoms with Crippen molar-refractivity contribution in [1.29, 1.82) is 0 Å². The molecule has 0 fully saturated rings. The minimum absolute atomic E-state index is 0.0673. The quantitative estimate of drug-likeness (QED) is 0.799. The molecule has 108 valence electrons. The van der Waals surface area contributed by atoms with Crippen molar-refractivity contribution in [2.45, 2.75) is 43.6 Å². The smallest absolute Gasteiger partial charge is 0.233 e. The lowest BCUT2D eigenvalue weighted by molar-refractivity contribution is -0.120. The number of amides is 1. The first kappa shape index (κ1) is 14.6. The van der Waals surface area contributed by atoms with Crippen LogP contribution in [0.15, 0.2) is 28.0 Å². The number of nitrogens with zero attached hydrogens (tertiary/aromatic N) is 2. The fourth-order valence-electron chi connectivity index (χ4n) is 1.51. The maximum atomic E-state index is 11.9. The molecule has 0 saturated carbocycles. The maximum Gasteiger partial charge on any atom is 0.233 e. The molecule has 0 aromatic carbocycles. The molecule has 0 unspecified atom stereocenters. The van der Waals surface area contributed by atoms with Gasteiger partial charge in [-0.15, -0.1) is 5.10 Å². The predicted molar refractivity (Wildman–Crippen MR) is 76.3 cm³/mol. The Morgan fingerprint density at radius 2 is 2.30 bits per heavy atom. The van der Waals surface area contributed by atoms with E-state index in [1.54, 1.807) is 12.3 Å². The summed E-state index contributed by atoms with van der Waals surface area (Å²) in [7, 11) is 0. The van der Waals surface area contributed by atoms with E-state index in [0.717, 1.165) is 11.6 Å². The summed E-state index contributed by atoms with van der Waals surface area (Å²) in [4.78, 5) is 16.3. The molecule has 0 aliphatic rings. The van der Waals surface area contributed by atoms with Gasteiger partial charge in [0.25, 0.3) is 0 Å². The fourth-order valence-corrected chi connectivity index (χ4v) is 2.27. The Balaban J connectivity index is 1.83. The first-order valence-electron chi connectivity index (χ1n) is 6.45. The number of furan rings is 1. The van der Waals surface area contributed by atoms with Crippen LogP contribution in [0.3, 0.4) is 0 Å². The van der Waals surface area contributed by atoms with Crippen LogP contribution >= 0.6 is 11.8 Å². The second kappa shape index (κ2) is 6.60. The molecule has 2 N–H and O–H groups in total. The summed E-state index contributed by atoms with van der Waals surface area (Å²) in [5.41, 5.74) is 0. The summed E-state index contributed by atoms with van der Waals surface area (Å²) in [6.07, 6.45) is 1.58. The summed E-state index contributed by atoms with van der Waals surface area (Å²) in [5.74, 6) is 1.79. The minimum atomic E-state index is -0.263. The van der Waals surface area contributed by atoms with E-state index >= 15 is 0 Å². The third-order valence-electron chi connectivity index (χ3n) is 2.70. The number of carbonyl (C=O) groups is 1. The molecule has 1 atom stereocenters. The molecule has 0 saturated heterocycles. The van der Waals surface area contributed by atoms with E-state index in [0.29, 0.717) is 17.6 Å². The normalized spacial score (nSPS) is 12.6. The zero-order valence-corrected chi connectivity index (χ0v) is 12.5. The molecular formula is C13H18N4O2S. The molecule has 0 aliphatic carbocycles. The van der Waals surface area contributed by atoms with Gasteiger partial charge in [0.2, 0.25) is 11.1 Å². The van der Waals surface area contributed by atoms with Crippen LogP contribution in [0.5, 0.6) is 0 Å². The number of nitrogens with one attached hydrogen (secondary N) is 2. The monoisotopic (exact) mass is 294 g/mol. The average molecular weight is 294 g/mol. The number of hydrogen-bond acceptors (Lipinski definition) is 5. The van der Waals surface area contributed by atoms with Gasteiger partial charge in [-0.3, -0.25) is 9.89 Å². The van der Waals surface area contributed by atoms with Crippen LogP contribution in [0.1, 0.15) is 38.3 Å². The molecule has 0 radical (unpaired) electrons. The number of carbonyl (C=O) groups excluding carboxylic acids is 1. The molecule has 7 heteroatoms. The summed E-state index contributed by atoms with van der Waals surface area (Å²) in [6.45, 7) is 6.29. The van der Waals surface area contributed by atoms with Crippen molar-refractivity contribution >= 4 is 17.7 Å². The zero-order chi connectivity index (χ0) is 14.5. The summed E-state index contributed by atoms with van der Waals surface area (Å²) in [5, 5.41) is 10.1. The van der Waals surface area contributed by atoms with Crippen molar-refractivity contribution in [3.63, 3.8) is 0 Å². The maximum absolute atomic E-state index is 11.9. The van der Waals surface area contributed by atoms with Gasteiger partial charge in [-0.25, -0.2) is 4.98 Å². The van der Waals surface area contributed by atoms with Crippen molar-refractivity contribution in [3.8, 4) is 0 Å². The van der Waals surface area contributed by atoms with Crippen LogP contribution < -0.4 is 5.32 Å². The third kappa shape index (κ3) is 3.86. The van der Waals surface area contributed by atoms with E-state index in [-0.39, 0.29) is 11.2 Å². The number of hydrogen-bond donors (Lipinski definition) is 2. The number of rotatable bonds is 6. The molecule has 1 amide bonds. The second-order valence-electron chi connectivity index (χ2n) is 4.72. The SMILES string of the molecule is CC(C)c1nc(S[C@@H](C)C(=O)NCc2ccco2)n[nH]1. The van der Waals surface area contributed by atoms with Gasteiger partial charge in [-0.2, -0.15) is 0 Å². The molecule has 2 rings (SSSR count). The van der Waals surface area contributed by atoms with Gasteiger partial charge in [0, 0.05) is 5.92 Å². The number of aromatic amines is 1. The molecule has 2 aromatic heterocycles. The van der Waals surface area contributed by atoms with Crippen molar-refractivity contribution in [3.05, 3.63) is 30.0 Å². The van der Waals surface area contributed by atoms with Gasteiger partial charge in [0.15, 0.2) is 0 Å². The molecule has 0 aliphatic heterocycles. The van der Waals surface area contributed by atoms with Crippen molar-refractivity contribution in [1.82, 2.24) is 20.5 Å². The van der Waals surface area contributed by atoms with Crippen LogP contribution in [-0.2, 0) is 11.3 Å². The largest absolute Gasteiger partial charge is 0.467 e. The van der Waals surface area contributed by atoms with E-state index in [1.807, 2.05) is 26.8 Å². The number of aromatic nitrogens is 3. The summed E-state index contributed by atoms with van der Waals surface area (Å²) >= 11 is 1.33. The Morgan fingerprint density at radius 3 is 2.90 bits per heavy atom. The standard InChI is InChI=1S/C13H18N4O2S/c1-8(2)11-15-13(17-16-11)20-9(3)12(18)14-7-10-5-4-6-19-10/h4-6,8-9H,7H2,1-3H3,(H,14,18)(H,15,16,17)/t9-/m0/s1. The first-order chi connectivity index (χ1) is 9.56. The number of thioether (sulfide) groups is 1. The van der Waals surface area contributed by atoms with E-state index < -0.39 is 0 Å². The average Bonchev–Trinajstić information content (AvgIpc) is 3.06. The van der Waals surface area contributed by atoms with Gasteiger partial charge < -0.3 is 9.73 Å². The first-order valence-corrected chi connectivity index (χ1v) is 7.33. The van der Waals surface area contributed by atoms with E-state index in [2.05, 4.69) is 20.5 Å². The Bertz CT molecular complexity index is 550. The van der Waals surface area contributed by atoms with Gasteiger partial charge in [0.1, 0.15) is 11.6 Å². The van der Waals surface area contributed by atoms with Gasteiger partial charge in [0.05, 0.1) is 18.1 Å². The molecule has 20 heavy (non-hydrogen) atoms. The molecule has 2 heterocycles. The fraction of sp³-hybridized carbons (Fsp3) is 0.462. The van der Waals surface area contributed by atoms with Crippen molar-refractivity contribution in [2.24, 2.45) is 0 Å². The Labute approximate surface area is 121 Å². The topological polar surface area (TPSA) is 83.8 Å². The van der Waals surface area contributed by atoms with Crippen LogP contribution in [-0.4, -0.2) is 26.3 Å². The summed E-state index contributed by atoms with van der Waals surface area (Å²) < 4.78 is 5.16. The lowest BCUT2D eigenvalue weighted by Gasteiger charge is -2.08. The van der Waals surface area contributed by atoms with E-state index in [4.69, 9.17) is 4.42 Å². The predicted octanol–water partition coefficient (Wildman–Crippen LogP) is 2.32. The van der Waals surface area contributed by atoms with Gasteiger partial charge in [-0.05, 0) is 19.1 Å². The summed E-state index contributed by atoms with van der Waals surface area (Å²) in [6, 6.07) is 3.61. The van der Waals surface area contributed by atoms with Crippen LogP contribution in [0.4, 0.5) is 0 Å². The highest BCUT2D eigenvalue weighted by atomic mass is 32.2.